The monoisotopic (exact) mass is 571 g/mol. The van der Waals surface area contributed by atoms with Crippen molar-refractivity contribution in [1.29, 1.82) is 0 Å². The molecule has 2 heterocycles. The van der Waals surface area contributed by atoms with E-state index in [2.05, 4.69) is 45.9 Å². The summed E-state index contributed by atoms with van der Waals surface area (Å²) < 4.78 is 7.61. The number of imidazole rings is 1. The average Bonchev–Trinajstić information content (AvgIpc) is 3.60. The highest BCUT2D eigenvalue weighted by atomic mass is 32.2. The van der Waals surface area contributed by atoms with Crippen LogP contribution in [0.15, 0.2) is 133 Å². The van der Waals surface area contributed by atoms with Crippen molar-refractivity contribution in [1.82, 2.24) is 14.5 Å². The largest absolute Gasteiger partial charge is 0.494 e. The average molecular weight is 572 g/mol. The Morgan fingerprint density at radius 3 is 1.86 bits per heavy atom. The van der Waals surface area contributed by atoms with Crippen LogP contribution in [0.5, 0.6) is 5.75 Å². The van der Waals surface area contributed by atoms with E-state index in [4.69, 9.17) is 4.74 Å². The highest BCUT2D eigenvalue weighted by molar-refractivity contribution is 8.18. The van der Waals surface area contributed by atoms with Crippen molar-refractivity contribution >= 4 is 29.0 Å². The molecule has 2 amide bonds. The zero-order valence-corrected chi connectivity index (χ0v) is 23.9. The molecule has 1 aliphatic heterocycles. The van der Waals surface area contributed by atoms with Gasteiger partial charge in [-0.15, -0.1) is 0 Å². The minimum atomic E-state index is -0.796. The second-order valence-electron chi connectivity index (χ2n) is 9.83. The zero-order chi connectivity index (χ0) is 28.9. The molecular weight excluding hydrogens is 542 g/mol. The van der Waals surface area contributed by atoms with E-state index in [0.717, 1.165) is 45.5 Å². The predicted octanol–water partition coefficient (Wildman–Crippen LogP) is 7.36. The maximum absolute atomic E-state index is 13.5. The predicted molar refractivity (Wildman–Crippen MR) is 166 cm³/mol. The number of aromatic nitrogens is 2. The van der Waals surface area contributed by atoms with Gasteiger partial charge in [-0.05, 0) is 59.1 Å². The number of carbonyl (C=O) groups excluding carboxylic acids is 2. The van der Waals surface area contributed by atoms with Gasteiger partial charge < -0.3 is 9.30 Å². The Kier molecular flexibility index (Phi) is 7.75. The normalized spacial score (nSPS) is 14.5. The van der Waals surface area contributed by atoms with Crippen LogP contribution < -0.4 is 4.74 Å². The maximum Gasteiger partial charge on any atom is 0.293 e. The summed E-state index contributed by atoms with van der Waals surface area (Å²) in [7, 11) is 0. The molecule has 42 heavy (non-hydrogen) atoms. The Labute approximate surface area is 249 Å². The van der Waals surface area contributed by atoms with Gasteiger partial charge in [-0.3, -0.25) is 14.5 Å². The summed E-state index contributed by atoms with van der Waals surface area (Å²) in [6.45, 7) is 2.59. The first-order valence-corrected chi connectivity index (χ1v) is 14.6. The molecule has 0 saturated carbocycles. The van der Waals surface area contributed by atoms with Gasteiger partial charge in [0.05, 0.1) is 36.3 Å². The van der Waals surface area contributed by atoms with Gasteiger partial charge in [0.1, 0.15) is 11.3 Å². The van der Waals surface area contributed by atoms with E-state index in [0.29, 0.717) is 11.5 Å². The molecule has 1 aromatic heterocycles. The SMILES string of the molecule is CCOc1ccc(/C=C2\SC(=O)N(Cc3cncn3C(c3ccccc3)(c3ccccc3)c3ccccc3)C2=O)cc1. The number of imide groups is 1. The van der Waals surface area contributed by atoms with Gasteiger partial charge in [-0.1, -0.05) is 103 Å². The van der Waals surface area contributed by atoms with Crippen LogP contribution >= 0.6 is 11.8 Å². The smallest absolute Gasteiger partial charge is 0.293 e. The number of ether oxygens (including phenoxy) is 1. The topological polar surface area (TPSA) is 64.4 Å². The standard InChI is InChI=1S/C35H29N3O3S/c1-2-41-31-20-18-26(19-21-31)22-32-33(39)37(34(40)42-32)24-30-23-36-25-38(30)35(27-12-6-3-7-13-27,28-14-8-4-9-15-28)29-16-10-5-11-17-29/h3-23,25H,2,24H2,1H3/b32-22-. The Hall–Kier alpha value is -4.88. The van der Waals surface area contributed by atoms with Crippen LogP contribution in [0.3, 0.4) is 0 Å². The van der Waals surface area contributed by atoms with E-state index in [1.165, 1.54) is 4.90 Å². The first kappa shape index (κ1) is 27.3. The van der Waals surface area contributed by atoms with Crippen LogP contribution in [0.4, 0.5) is 4.79 Å². The summed E-state index contributed by atoms with van der Waals surface area (Å²) in [5, 5.41) is -0.310. The van der Waals surface area contributed by atoms with Crippen LogP contribution in [-0.2, 0) is 16.9 Å². The van der Waals surface area contributed by atoms with Crippen molar-refractivity contribution in [2.24, 2.45) is 0 Å². The third-order valence-electron chi connectivity index (χ3n) is 7.33. The summed E-state index contributed by atoms with van der Waals surface area (Å²) in [6, 6.07) is 38.2. The quantitative estimate of drug-likeness (QED) is 0.137. The molecule has 0 unspecified atom stereocenters. The Morgan fingerprint density at radius 2 is 1.33 bits per heavy atom. The van der Waals surface area contributed by atoms with Crippen LogP contribution in [0.1, 0.15) is 34.9 Å². The lowest BCUT2D eigenvalue weighted by atomic mass is 9.76. The van der Waals surface area contributed by atoms with Gasteiger partial charge in [-0.25, -0.2) is 4.98 Å². The highest BCUT2D eigenvalue weighted by Gasteiger charge is 2.41. The highest BCUT2D eigenvalue weighted by Crippen LogP contribution is 2.42. The molecule has 0 aliphatic carbocycles. The van der Waals surface area contributed by atoms with E-state index in [9.17, 15) is 9.59 Å². The van der Waals surface area contributed by atoms with Gasteiger partial charge in [0.25, 0.3) is 11.1 Å². The van der Waals surface area contributed by atoms with Gasteiger partial charge in [0, 0.05) is 0 Å². The molecule has 1 fully saturated rings. The molecule has 0 atom stereocenters. The third-order valence-corrected chi connectivity index (χ3v) is 8.24. The van der Waals surface area contributed by atoms with Crippen LogP contribution in [0.2, 0.25) is 0 Å². The number of nitrogens with zero attached hydrogens (tertiary/aromatic N) is 3. The summed E-state index contributed by atoms with van der Waals surface area (Å²) in [5.41, 5.74) is 3.86. The number of rotatable bonds is 9. The van der Waals surface area contributed by atoms with Crippen LogP contribution in [0, 0.1) is 0 Å². The molecule has 0 spiro atoms. The van der Waals surface area contributed by atoms with Gasteiger partial charge >= 0.3 is 0 Å². The van der Waals surface area contributed by atoms with Crippen molar-refractivity contribution in [3.8, 4) is 5.75 Å². The molecule has 0 bridgehead atoms. The Balaban J connectivity index is 1.41. The number of carbonyl (C=O) groups is 2. The Morgan fingerprint density at radius 1 is 0.786 bits per heavy atom. The fraction of sp³-hybridized carbons (Fsp3) is 0.114. The number of amides is 2. The summed E-state index contributed by atoms with van der Waals surface area (Å²) in [5.74, 6) is 0.436. The van der Waals surface area contributed by atoms with Gasteiger partial charge in [0.2, 0.25) is 0 Å². The van der Waals surface area contributed by atoms with Crippen LogP contribution in [-0.4, -0.2) is 32.2 Å². The minimum Gasteiger partial charge on any atom is -0.494 e. The molecule has 0 N–H and O–H groups in total. The van der Waals surface area contributed by atoms with Crippen molar-refractivity contribution in [2.75, 3.05) is 6.61 Å². The molecule has 4 aromatic carbocycles. The summed E-state index contributed by atoms with van der Waals surface area (Å²) >= 11 is 0.953. The fourth-order valence-electron chi connectivity index (χ4n) is 5.47. The lowest BCUT2D eigenvalue weighted by Crippen LogP contribution is -2.40. The van der Waals surface area contributed by atoms with Crippen molar-refractivity contribution in [2.45, 2.75) is 19.0 Å². The zero-order valence-electron chi connectivity index (χ0n) is 23.1. The third kappa shape index (κ3) is 5.03. The van der Waals surface area contributed by atoms with E-state index in [-0.39, 0.29) is 17.7 Å². The molecule has 208 valence electrons. The van der Waals surface area contributed by atoms with E-state index >= 15 is 0 Å². The van der Waals surface area contributed by atoms with Crippen LogP contribution in [0.25, 0.3) is 6.08 Å². The second-order valence-corrected chi connectivity index (χ2v) is 10.8. The van der Waals surface area contributed by atoms with Crippen molar-refractivity contribution in [3.63, 3.8) is 0 Å². The number of thioether (sulfide) groups is 1. The first-order valence-electron chi connectivity index (χ1n) is 13.8. The van der Waals surface area contributed by atoms with E-state index < -0.39 is 5.54 Å². The number of hydrogen-bond donors (Lipinski definition) is 0. The second kappa shape index (κ2) is 11.9. The molecule has 7 heteroatoms. The van der Waals surface area contributed by atoms with Crippen molar-refractivity contribution < 1.29 is 14.3 Å². The first-order chi connectivity index (χ1) is 20.6. The minimum absolute atomic E-state index is 0.0829. The maximum atomic E-state index is 13.5. The van der Waals surface area contributed by atoms with Gasteiger partial charge in [0.15, 0.2) is 0 Å². The number of hydrogen-bond acceptors (Lipinski definition) is 5. The molecule has 5 aromatic rings. The number of benzene rings is 4. The molecule has 1 aliphatic rings. The van der Waals surface area contributed by atoms with Crippen molar-refractivity contribution in [3.05, 3.63) is 161 Å². The van der Waals surface area contributed by atoms with Gasteiger partial charge in [-0.2, -0.15) is 0 Å². The fourth-order valence-corrected chi connectivity index (χ4v) is 6.31. The molecular formula is C35H29N3O3S. The summed E-state index contributed by atoms with van der Waals surface area (Å²) in [6.07, 6.45) is 5.28. The van der Waals surface area contributed by atoms with E-state index in [1.807, 2.05) is 85.8 Å². The Bertz CT molecular complexity index is 1620. The molecule has 6 rings (SSSR count). The van der Waals surface area contributed by atoms with E-state index in [1.54, 1.807) is 18.6 Å². The molecule has 6 nitrogen and oxygen atoms in total. The molecule has 1 saturated heterocycles. The lowest BCUT2D eigenvalue weighted by Gasteiger charge is -2.39. The lowest BCUT2D eigenvalue weighted by molar-refractivity contribution is -0.123. The molecule has 0 radical (unpaired) electrons. The summed E-state index contributed by atoms with van der Waals surface area (Å²) in [4.78, 5) is 33.0.